The highest BCUT2D eigenvalue weighted by Crippen LogP contribution is 2.38. The molecule has 3 atom stereocenters. The molecule has 2 rings (SSSR count). The van der Waals surface area contributed by atoms with E-state index in [9.17, 15) is 27.6 Å². The van der Waals surface area contributed by atoms with Gasteiger partial charge in [0.05, 0.1) is 19.3 Å². The Hall–Kier alpha value is -2.02. The maximum atomic E-state index is 12.4. The zero-order valence-corrected chi connectivity index (χ0v) is 22.8. The quantitative estimate of drug-likeness (QED) is 0.334. The van der Waals surface area contributed by atoms with Crippen LogP contribution in [0.5, 0.6) is 0 Å². The van der Waals surface area contributed by atoms with E-state index in [1.165, 1.54) is 10.8 Å². The Kier molecular flexibility index (Phi) is 9.71. The summed E-state index contributed by atoms with van der Waals surface area (Å²) >= 11 is 0. The smallest absolute Gasteiger partial charge is 0.414 e. The lowest BCUT2D eigenvalue weighted by atomic mass is 10.1. The van der Waals surface area contributed by atoms with Gasteiger partial charge in [-0.1, -0.05) is 32.9 Å². The lowest BCUT2D eigenvalue weighted by Crippen LogP contribution is -2.44. The van der Waals surface area contributed by atoms with Crippen LogP contribution in [0.3, 0.4) is 0 Å². The average molecular weight is 535 g/mol. The highest BCUT2D eigenvalue weighted by molar-refractivity contribution is 6.74. The SMILES string of the molecule is C=C(CCCC(=O)C(F)(F)F)COC1C[C@H](n2cc(C)c(=O)[nH]c2=O)O[C@@H]1CO[Si](C)(C)C(C)(C)C. The van der Waals surface area contributed by atoms with E-state index in [-0.39, 0.29) is 31.1 Å². The van der Waals surface area contributed by atoms with Crippen LogP contribution in [-0.4, -0.2) is 55.2 Å². The molecule has 8 nitrogen and oxygen atoms in total. The number of aromatic nitrogens is 2. The molecule has 1 unspecified atom stereocenters. The summed E-state index contributed by atoms with van der Waals surface area (Å²) in [6.45, 7) is 16.3. The van der Waals surface area contributed by atoms with Crippen molar-refractivity contribution in [1.82, 2.24) is 9.55 Å². The number of rotatable bonds is 11. The Bertz CT molecular complexity index is 1060. The number of carbonyl (C=O) groups is 1. The van der Waals surface area contributed by atoms with Gasteiger partial charge < -0.3 is 13.9 Å². The van der Waals surface area contributed by atoms with Gasteiger partial charge in [-0.25, -0.2) is 4.79 Å². The van der Waals surface area contributed by atoms with Crippen LogP contribution in [0.4, 0.5) is 13.2 Å². The Labute approximate surface area is 210 Å². The number of carbonyl (C=O) groups excluding carboxylic acids is 1. The highest BCUT2D eigenvalue weighted by atomic mass is 28.4. The van der Waals surface area contributed by atoms with Crippen molar-refractivity contribution >= 4 is 14.1 Å². The number of ketones is 1. The van der Waals surface area contributed by atoms with Crippen molar-refractivity contribution < 1.29 is 31.9 Å². The van der Waals surface area contributed by atoms with E-state index in [0.29, 0.717) is 17.6 Å². The summed E-state index contributed by atoms with van der Waals surface area (Å²) in [7, 11) is -2.11. The fraction of sp³-hybridized carbons (Fsp3) is 0.708. The summed E-state index contributed by atoms with van der Waals surface area (Å²) in [5, 5.41) is -0.0313. The van der Waals surface area contributed by atoms with Gasteiger partial charge in [0, 0.05) is 24.6 Å². The molecule has 0 amide bonds. The first-order valence-electron chi connectivity index (χ1n) is 11.9. The van der Waals surface area contributed by atoms with Crippen molar-refractivity contribution in [2.24, 2.45) is 0 Å². The monoisotopic (exact) mass is 534 g/mol. The minimum absolute atomic E-state index is 0.0221. The fourth-order valence-electron chi connectivity index (χ4n) is 3.44. The summed E-state index contributed by atoms with van der Waals surface area (Å²) in [6, 6.07) is 0. The second-order valence-corrected chi connectivity index (χ2v) is 15.6. The molecular formula is C24H37F3N2O6Si. The lowest BCUT2D eigenvalue weighted by molar-refractivity contribution is -0.171. The van der Waals surface area contributed by atoms with Crippen LogP contribution in [0.1, 0.15) is 58.2 Å². The van der Waals surface area contributed by atoms with Crippen LogP contribution >= 0.6 is 0 Å². The van der Waals surface area contributed by atoms with E-state index < -0.39 is 56.4 Å². The summed E-state index contributed by atoms with van der Waals surface area (Å²) in [5.74, 6) is -1.76. The Morgan fingerprint density at radius 3 is 2.47 bits per heavy atom. The minimum Gasteiger partial charge on any atom is -0.414 e. The number of H-pyrrole nitrogens is 1. The standard InChI is InChI=1S/C24H37F3N2O6Si/c1-15(9-8-10-19(30)24(25,26)27)13-33-17-11-20(29-12-16(2)21(31)28-22(29)32)35-18(17)14-34-36(6,7)23(3,4)5/h12,17-18,20H,1,8-11,13-14H2,2-7H3,(H,28,31,32)/t17?,18-,20-/m1/s1. The highest BCUT2D eigenvalue weighted by Gasteiger charge is 2.42. The van der Waals surface area contributed by atoms with Crippen LogP contribution in [0.15, 0.2) is 27.9 Å². The second-order valence-electron chi connectivity index (χ2n) is 10.8. The van der Waals surface area contributed by atoms with Crippen LogP contribution in [0.2, 0.25) is 18.1 Å². The summed E-state index contributed by atoms with van der Waals surface area (Å²) < 4.78 is 57.0. The summed E-state index contributed by atoms with van der Waals surface area (Å²) in [6.07, 6.45) is -5.14. The predicted octanol–water partition coefficient (Wildman–Crippen LogP) is 4.40. The van der Waals surface area contributed by atoms with Gasteiger partial charge in [-0.15, -0.1) is 0 Å². The molecule has 1 aliphatic heterocycles. The molecule has 1 aliphatic rings. The third-order valence-electron chi connectivity index (χ3n) is 6.80. The molecule has 0 saturated carbocycles. The van der Waals surface area contributed by atoms with Crippen LogP contribution < -0.4 is 11.2 Å². The van der Waals surface area contributed by atoms with Gasteiger partial charge in [0.15, 0.2) is 8.32 Å². The van der Waals surface area contributed by atoms with Gasteiger partial charge in [-0.2, -0.15) is 13.2 Å². The number of hydrogen-bond donors (Lipinski definition) is 1. The lowest BCUT2D eigenvalue weighted by Gasteiger charge is -2.37. The zero-order chi connectivity index (χ0) is 27.5. The van der Waals surface area contributed by atoms with E-state index in [1.807, 2.05) is 0 Å². The van der Waals surface area contributed by atoms with Gasteiger partial charge in [0.25, 0.3) is 5.56 Å². The number of halogens is 3. The number of Topliss-reactive ketones (excluding diaryl/α,β-unsaturated/α-hetero) is 1. The molecule has 36 heavy (non-hydrogen) atoms. The number of hydrogen-bond acceptors (Lipinski definition) is 6. The van der Waals surface area contributed by atoms with Crippen LogP contribution in [0.25, 0.3) is 0 Å². The van der Waals surface area contributed by atoms with Crippen LogP contribution in [0, 0.1) is 6.92 Å². The molecule has 1 N–H and O–H groups in total. The average Bonchev–Trinajstić information content (AvgIpc) is 3.14. The Balaban J connectivity index is 2.08. The molecule has 0 aromatic carbocycles. The molecule has 204 valence electrons. The number of alkyl halides is 3. The van der Waals surface area contributed by atoms with E-state index in [2.05, 4.69) is 45.4 Å². The number of nitrogens with zero attached hydrogens (tertiary/aromatic N) is 1. The summed E-state index contributed by atoms with van der Waals surface area (Å²) in [5.41, 5.74) is -0.160. The molecule has 0 spiro atoms. The predicted molar refractivity (Wildman–Crippen MR) is 132 cm³/mol. The Morgan fingerprint density at radius 2 is 1.89 bits per heavy atom. The topological polar surface area (TPSA) is 99.6 Å². The first-order valence-corrected chi connectivity index (χ1v) is 14.8. The normalized spacial score (nSPS) is 21.1. The van der Waals surface area contributed by atoms with Gasteiger partial charge in [-0.05, 0) is 37.9 Å². The number of ether oxygens (including phenoxy) is 2. The first-order chi connectivity index (χ1) is 16.4. The molecule has 0 aliphatic carbocycles. The zero-order valence-electron chi connectivity index (χ0n) is 21.8. The number of aryl methyl sites for hydroxylation is 1. The number of aromatic amines is 1. The third-order valence-corrected chi connectivity index (χ3v) is 11.3. The van der Waals surface area contributed by atoms with Gasteiger partial charge >= 0.3 is 11.9 Å². The van der Waals surface area contributed by atoms with E-state index >= 15 is 0 Å². The molecule has 0 bridgehead atoms. The molecular weight excluding hydrogens is 497 g/mol. The van der Waals surface area contributed by atoms with Crippen molar-refractivity contribution in [3.63, 3.8) is 0 Å². The van der Waals surface area contributed by atoms with Crippen molar-refractivity contribution in [2.75, 3.05) is 13.2 Å². The molecule has 0 radical (unpaired) electrons. The van der Waals surface area contributed by atoms with E-state index in [4.69, 9.17) is 13.9 Å². The van der Waals surface area contributed by atoms with E-state index in [0.717, 1.165) is 0 Å². The molecule has 1 aromatic rings. The maximum Gasteiger partial charge on any atom is 0.449 e. The molecule has 2 heterocycles. The third kappa shape index (κ3) is 7.99. The Morgan fingerprint density at radius 1 is 1.25 bits per heavy atom. The van der Waals surface area contributed by atoms with Crippen molar-refractivity contribution in [3.05, 3.63) is 44.8 Å². The second kappa shape index (κ2) is 11.6. The van der Waals surface area contributed by atoms with Gasteiger partial charge in [0.2, 0.25) is 5.78 Å². The molecule has 1 aromatic heterocycles. The fourth-order valence-corrected chi connectivity index (χ4v) is 4.46. The first kappa shape index (κ1) is 30.2. The van der Waals surface area contributed by atoms with Gasteiger partial charge in [-0.3, -0.25) is 19.1 Å². The van der Waals surface area contributed by atoms with E-state index in [1.54, 1.807) is 6.92 Å². The minimum atomic E-state index is -4.83. The van der Waals surface area contributed by atoms with Crippen LogP contribution in [-0.2, 0) is 18.7 Å². The molecule has 12 heteroatoms. The van der Waals surface area contributed by atoms with Crippen molar-refractivity contribution in [3.8, 4) is 0 Å². The largest absolute Gasteiger partial charge is 0.449 e. The molecule has 1 fully saturated rings. The van der Waals surface area contributed by atoms with Gasteiger partial charge in [0.1, 0.15) is 12.3 Å². The summed E-state index contributed by atoms with van der Waals surface area (Å²) in [4.78, 5) is 37.5. The maximum absolute atomic E-state index is 12.4. The van der Waals surface area contributed by atoms with Crippen molar-refractivity contribution in [1.29, 1.82) is 0 Å². The number of nitrogens with one attached hydrogen (secondary N) is 1. The van der Waals surface area contributed by atoms with Crippen molar-refractivity contribution in [2.45, 2.75) is 96.1 Å². The molecule has 1 saturated heterocycles.